The third-order valence-corrected chi connectivity index (χ3v) is 3.15. The maximum absolute atomic E-state index is 13.2. The minimum Gasteiger partial charge on any atom is -0.478 e. The Kier molecular flexibility index (Phi) is 9.06. The number of nitrogens with one attached hydrogen (secondary N) is 2. The van der Waals surface area contributed by atoms with E-state index in [1.54, 1.807) is 19.3 Å². The van der Waals surface area contributed by atoms with Crippen LogP contribution in [0.5, 0.6) is 5.88 Å². The summed E-state index contributed by atoms with van der Waals surface area (Å²) in [4.78, 5) is 8.37. The number of benzene rings is 1. The van der Waals surface area contributed by atoms with Gasteiger partial charge in [-0.05, 0) is 30.7 Å². The second-order valence-corrected chi connectivity index (χ2v) is 4.81. The summed E-state index contributed by atoms with van der Waals surface area (Å²) in [6.07, 6.45) is 1.70. The van der Waals surface area contributed by atoms with Gasteiger partial charge in [-0.3, -0.25) is 4.99 Å². The summed E-state index contributed by atoms with van der Waals surface area (Å²) < 4.78 is 18.7. The maximum atomic E-state index is 13.2. The van der Waals surface area contributed by atoms with Gasteiger partial charge in [0.15, 0.2) is 5.96 Å². The highest BCUT2D eigenvalue weighted by Gasteiger charge is 2.05. The highest BCUT2D eigenvalue weighted by atomic mass is 127. The minimum absolute atomic E-state index is 0. The molecule has 0 saturated heterocycles. The van der Waals surface area contributed by atoms with Gasteiger partial charge in [-0.1, -0.05) is 18.2 Å². The molecule has 1 aromatic heterocycles. The molecule has 130 valence electrons. The third kappa shape index (κ3) is 6.31. The zero-order chi connectivity index (χ0) is 16.5. The van der Waals surface area contributed by atoms with Crippen molar-refractivity contribution in [2.24, 2.45) is 4.99 Å². The zero-order valence-corrected chi connectivity index (χ0v) is 16.1. The average molecular weight is 444 g/mol. The summed E-state index contributed by atoms with van der Waals surface area (Å²) in [6.45, 7) is 3.51. The van der Waals surface area contributed by atoms with E-state index >= 15 is 0 Å². The predicted molar refractivity (Wildman–Crippen MR) is 104 cm³/mol. The number of guanidine groups is 1. The molecule has 0 aliphatic rings. The fourth-order valence-electron chi connectivity index (χ4n) is 2.06. The van der Waals surface area contributed by atoms with Gasteiger partial charge >= 0.3 is 0 Å². The Hall–Kier alpha value is -1.90. The lowest BCUT2D eigenvalue weighted by atomic mass is 10.2. The molecule has 2 N–H and O–H groups in total. The number of hydrogen-bond donors (Lipinski definition) is 2. The summed E-state index contributed by atoms with van der Waals surface area (Å²) in [5.41, 5.74) is 1.80. The second kappa shape index (κ2) is 10.8. The largest absolute Gasteiger partial charge is 0.478 e. The predicted octanol–water partition coefficient (Wildman–Crippen LogP) is 3.10. The lowest BCUT2D eigenvalue weighted by Gasteiger charge is -2.13. The highest BCUT2D eigenvalue weighted by molar-refractivity contribution is 14.0. The molecule has 2 aromatic rings. The molecule has 0 aliphatic heterocycles. The number of ether oxygens (including phenoxy) is 1. The van der Waals surface area contributed by atoms with Crippen molar-refractivity contribution in [1.82, 2.24) is 15.6 Å². The minimum atomic E-state index is -0.246. The van der Waals surface area contributed by atoms with Crippen LogP contribution in [0.25, 0.3) is 0 Å². The standard InChI is InChI=1S/C17H21FN4O.HI/c1-3-23-16-14(7-5-9-20-16)12-22-17(19-2)21-11-13-6-4-8-15(18)10-13;/h4-10H,3,11-12H2,1-2H3,(H2,19,21,22);1H. The summed E-state index contributed by atoms with van der Waals surface area (Å²) in [6, 6.07) is 10.3. The lowest BCUT2D eigenvalue weighted by Crippen LogP contribution is -2.36. The molecule has 0 fully saturated rings. The van der Waals surface area contributed by atoms with Gasteiger partial charge in [0.1, 0.15) is 5.82 Å². The maximum Gasteiger partial charge on any atom is 0.218 e. The third-order valence-electron chi connectivity index (χ3n) is 3.15. The van der Waals surface area contributed by atoms with Gasteiger partial charge in [0.05, 0.1) is 6.61 Å². The molecule has 0 atom stereocenters. The SMILES string of the molecule is CCOc1ncccc1CNC(=NC)NCc1cccc(F)c1.I. The monoisotopic (exact) mass is 444 g/mol. The number of aliphatic imine (C=N–C) groups is 1. The summed E-state index contributed by atoms with van der Waals surface area (Å²) in [5.74, 6) is 0.993. The van der Waals surface area contributed by atoms with Gasteiger partial charge < -0.3 is 15.4 Å². The Morgan fingerprint density at radius 1 is 1.21 bits per heavy atom. The number of pyridine rings is 1. The Labute approximate surface area is 158 Å². The van der Waals surface area contributed by atoms with Gasteiger partial charge in [0.25, 0.3) is 0 Å². The Balaban J connectivity index is 0.00000288. The van der Waals surface area contributed by atoms with Crippen molar-refractivity contribution in [1.29, 1.82) is 0 Å². The molecule has 2 rings (SSSR count). The summed E-state index contributed by atoms with van der Waals surface area (Å²) in [7, 11) is 1.69. The number of hydrogen-bond acceptors (Lipinski definition) is 3. The van der Waals surface area contributed by atoms with Crippen LogP contribution in [0.4, 0.5) is 4.39 Å². The van der Waals surface area contributed by atoms with Crippen molar-refractivity contribution >= 4 is 29.9 Å². The first kappa shape index (κ1) is 20.1. The molecule has 0 amide bonds. The van der Waals surface area contributed by atoms with Crippen LogP contribution in [0.15, 0.2) is 47.6 Å². The molecule has 1 aromatic carbocycles. The smallest absolute Gasteiger partial charge is 0.218 e. The summed E-state index contributed by atoms with van der Waals surface area (Å²) in [5, 5.41) is 6.34. The molecular weight excluding hydrogens is 422 g/mol. The van der Waals surface area contributed by atoms with E-state index in [1.165, 1.54) is 12.1 Å². The van der Waals surface area contributed by atoms with Crippen LogP contribution in [-0.4, -0.2) is 24.6 Å². The first-order valence-corrected chi connectivity index (χ1v) is 7.48. The normalized spacial score (nSPS) is 10.7. The van der Waals surface area contributed by atoms with E-state index in [-0.39, 0.29) is 29.8 Å². The van der Waals surface area contributed by atoms with Crippen LogP contribution in [0.3, 0.4) is 0 Å². The van der Waals surface area contributed by atoms with Crippen molar-refractivity contribution in [2.45, 2.75) is 20.0 Å². The first-order chi connectivity index (χ1) is 11.2. The van der Waals surface area contributed by atoms with E-state index in [9.17, 15) is 4.39 Å². The van der Waals surface area contributed by atoms with Crippen LogP contribution >= 0.6 is 24.0 Å². The zero-order valence-electron chi connectivity index (χ0n) is 13.8. The van der Waals surface area contributed by atoms with Crippen molar-refractivity contribution in [3.05, 3.63) is 59.5 Å². The van der Waals surface area contributed by atoms with E-state index in [1.807, 2.05) is 25.1 Å². The van der Waals surface area contributed by atoms with Crippen molar-refractivity contribution in [3.8, 4) is 5.88 Å². The van der Waals surface area contributed by atoms with Gasteiger partial charge in [-0.2, -0.15) is 0 Å². The molecule has 5 nitrogen and oxygen atoms in total. The van der Waals surface area contributed by atoms with Crippen LogP contribution in [0, 0.1) is 5.82 Å². The second-order valence-electron chi connectivity index (χ2n) is 4.81. The molecule has 24 heavy (non-hydrogen) atoms. The van der Waals surface area contributed by atoms with E-state index in [0.717, 1.165) is 11.1 Å². The van der Waals surface area contributed by atoms with Crippen molar-refractivity contribution in [3.63, 3.8) is 0 Å². The molecule has 1 heterocycles. The van der Waals surface area contributed by atoms with E-state index in [2.05, 4.69) is 20.6 Å². The fourth-order valence-corrected chi connectivity index (χ4v) is 2.06. The highest BCUT2D eigenvalue weighted by Crippen LogP contribution is 2.13. The number of halogens is 2. The van der Waals surface area contributed by atoms with Crippen molar-refractivity contribution in [2.75, 3.05) is 13.7 Å². The molecule has 0 spiro atoms. The van der Waals surface area contributed by atoms with E-state index < -0.39 is 0 Å². The number of nitrogens with zero attached hydrogens (tertiary/aromatic N) is 2. The van der Waals surface area contributed by atoms with E-state index in [4.69, 9.17) is 4.74 Å². The van der Waals surface area contributed by atoms with Crippen LogP contribution in [0.1, 0.15) is 18.1 Å². The molecule has 7 heteroatoms. The molecule has 0 unspecified atom stereocenters. The van der Waals surface area contributed by atoms with Gasteiger partial charge in [-0.25, -0.2) is 9.37 Å². The average Bonchev–Trinajstić information content (AvgIpc) is 2.57. The van der Waals surface area contributed by atoms with Crippen LogP contribution in [-0.2, 0) is 13.1 Å². The van der Waals surface area contributed by atoms with E-state index in [0.29, 0.717) is 31.5 Å². The van der Waals surface area contributed by atoms with Gasteiger partial charge in [-0.15, -0.1) is 24.0 Å². The van der Waals surface area contributed by atoms with Crippen LogP contribution in [0.2, 0.25) is 0 Å². The lowest BCUT2D eigenvalue weighted by molar-refractivity contribution is 0.322. The van der Waals surface area contributed by atoms with Gasteiger partial charge in [0.2, 0.25) is 5.88 Å². The molecule has 0 saturated carbocycles. The number of aromatic nitrogens is 1. The van der Waals surface area contributed by atoms with Gasteiger partial charge in [0, 0.05) is 31.9 Å². The number of rotatable bonds is 6. The van der Waals surface area contributed by atoms with Crippen LogP contribution < -0.4 is 15.4 Å². The Morgan fingerprint density at radius 3 is 2.71 bits per heavy atom. The molecule has 0 radical (unpaired) electrons. The topological polar surface area (TPSA) is 58.5 Å². The quantitative estimate of drug-likeness (QED) is 0.409. The molecule has 0 aliphatic carbocycles. The summed E-state index contributed by atoms with van der Waals surface area (Å²) >= 11 is 0. The Morgan fingerprint density at radius 2 is 2.00 bits per heavy atom. The molecule has 0 bridgehead atoms. The fraction of sp³-hybridized carbons (Fsp3) is 0.294. The van der Waals surface area contributed by atoms with Crippen molar-refractivity contribution < 1.29 is 9.13 Å². The molecular formula is C17H22FIN4O. The Bertz CT molecular complexity index is 667. The first-order valence-electron chi connectivity index (χ1n) is 7.48.